The highest BCUT2D eigenvalue weighted by Crippen LogP contribution is 2.60. The van der Waals surface area contributed by atoms with Crippen molar-refractivity contribution < 1.29 is 19.1 Å². The number of carbonyl (C=O) groups excluding carboxylic acids is 3. The summed E-state index contributed by atoms with van der Waals surface area (Å²) in [6.45, 7) is 3.40. The third kappa shape index (κ3) is 3.34. The molecule has 0 radical (unpaired) electrons. The number of ether oxygens (including phenoxy) is 1. The van der Waals surface area contributed by atoms with E-state index in [4.69, 9.17) is 4.74 Å². The fourth-order valence-electron chi connectivity index (χ4n) is 6.34. The average Bonchev–Trinajstić information content (AvgIpc) is 2.68. The average molecular weight is 412 g/mol. The van der Waals surface area contributed by atoms with Crippen LogP contribution in [0.25, 0.3) is 0 Å². The zero-order valence-corrected chi connectivity index (χ0v) is 17.5. The predicted octanol–water partition coefficient (Wildman–Crippen LogP) is 3.07. The van der Waals surface area contributed by atoms with Gasteiger partial charge in [0.2, 0.25) is 11.8 Å². The highest BCUT2D eigenvalue weighted by atomic mass is 16.5. The summed E-state index contributed by atoms with van der Waals surface area (Å²) in [5.41, 5.74) is 0.808. The van der Waals surface area contributed by atoms with Crippen LogP contribution < -0.4 is 20.7 Å². The van der Waals surface area contributed by atoms with Gasteiger partial charge in [0.15, 0.2) is 6.10 Å². The van der Waals surface area contributed by atoms with Gasteiger partial charge >= 0.3 is 0 Å². The topological polar surface area (TPSA) is 96.5 Å². The molecule has 1 aliphatic heterocycles. The minimum atomic E-state index is -0.632. The molecule has 4 saturated carbocycles. The highest BCUT2D eigenvalue weighted by Gasteiger charge is 2.54. The van der Waals surface area contributed by atoms with Crippen LogP contribution in [0.2, 0.25) is 0 Å². The predicted molar refractivity (Wildman–Crippen MR) is 112 cm³/mol. The van der Waals surface area contributed by atoms with Crippen LogP contribution >= 0.6 is 0 Å². The fraction of sp³-hybridized carbons (Fsp3) is 0.609. The first-order valence-electron chi connectivity index (χ1n) is 11.0. The first kappa shape index (κ1) is 19.4. The van der Waals surface area contributed by atoms with E-state index in [1.54, 1.807) is 32.0 Å². The number of rotatable bonds is 4. The van der Waals surface area contributed by atoms with Gasteiger partial charge in [-0.3, -0.25) is 14.4 Å². The quantitative estimate of drug-likeness (QED) is 0.709. The third-order valence-corrected chi connectivity index (χ3v) is 7.44. The van der Waals surface area contributed by atoms with Crippen molar-refractivity contribution in [1.82, 2.24) is 5.32 Å². The number of carbonyl (C=O) groups is 3. The summed E-state index contributed by atoms with van der Waals surface area (Å²) in [7, 11) is 0. The Bertz CT molecular complexity index is 876. The van der Waals surface area contributed by atoms with E-state index in [2.05, 4.69) is 16.0 Å². The van der Waals surface area contributed by atoms with Gasteiger partial charge in [-0.2, -0.15) is 0 Å². The van der Waals surface area contributed by atoms with Crippen LogP contribution in [0.5, 0.6) is 5.75 Å². The molecule has 3 amide bonds. The minimum absolute atomic E-state index is 0.0457. The molecule has 1 heterocycles. The standard InChI is InChI=1S/C23H29N3O4/c1-12(24-22(29)23-9-14-5-15(10-23)7-16(6-14)11-23)20(27)25-17-3-4-19-18(8-17)26-21(28)13(2)30-19/h3-4,8,12-16H,5-7,9-11H2,1-2H3,(H,24,29)(H,25,27)(H,26,28)/t12-,13-,14?,15?,16?,23?/m0/s1. The molecule has 0 aromatic heterocycles. The molecular weight excluding hydrogens is 382 g/mol. The number of anilines is 2. The Labute approximate surface area is 176 Å². The van der Waals surface area contributed by atoms with Crippen LogP contribution in [-0.4, -0.2) is 29.9 Å². The van der Waals surface area contributed by atoms with Gasteiger partial charge in [-0.1, -0.05) is 0 Å². The molecule has 7 heteroatoms. The molecule has 0 unspecified atom stereocenters. The maximum atomic E-state index is 13.2. The Morgan fingerprint density at radius 1 is 1.13 bits per heavy atom. The van der Waals surface area contributed by atoms with Crippen LogP contribution in [0.15, 0.2) is 18.2 Å². The first-order chi connectivity index (χ1) is 14.3. The molecule has 2 atom stereocenters. The number of fused-ring (bicyclic) bond motifs is 1. The lowest BCUT2D eigenvalue weighted by molar-refractivity contribution is -0.147. The van der Waals surface area contributed by atoms with E-state index in [0.717, 1.165) is 19.3 Å². The fourth-order valence-corrected chi connectivity index (χ4v) is 6.34. The molecule has 4 fully saturated rings. The second-order valence-corrected chi connectivity index (χ2v) is 9.84. The Balaban J connectivity index is 1.22. The van der Waals surface area contributed by atoms with Crippen molar-refractivity contribution in [2.24, 2.45) is 23.2 Å². The van der Waals surface area contributed by atoms with Crippen LogP contribution in [0.4, 0.5) is 11.4 Å². The molecule has 30 heavy (non-hydrogen) atoms. The Hall–Kier alpha value is -2.57. The van der Waals surface area contributed by atoms with E-state index >= 15 is 0 Å². The van der Waals surface area contributed by atoms with E-state index in [1.807, 2.05) is 0 Å². The Kier molecular flexibility index (Phi) is 4.52. The van der Waals surface area contributed by atoms with Crippen molar-refractivity contribution in [3.63, 3.8) is 0 Å². The summed E-state index contributed by atoms with van der Waals surface area (Å²) in [5.74, 6) is 2.17. The summed E-state index contributed by atoms with van der Waals surface area (Å²) in [6.07, 6.45) is 6.21. The van der Waals surface area contributed by atoms with E-state index in [0.29, 0.717) is 34.9 Å². The van der Waals surface area contributed by atoms with Gasteiger partial charge in [0, 0.05) is 11.1 Å². The summed E-state index contributed by atoms with van der Waals surface area (Å²) in [5, 5.41) is 8.60. The Morgan fingerprint density at radius 3 is 2.40 bits per heavy atom. The van der Waals surface area contributed by atoms with Gasteiger partial charge in [-0.05, 0) is 88.3 Å². The number of nitrogens with one attached hydrogen (secondary N) is 3. The number of amides is 3. The van der Waals surface area contributed by atoms with Gasteiger partial charge in [-0.25, -0.2) is 0 Å². The SMILES string of the molecule is C[C@H](NC(=O)C12CC3CC(CC(C3)C1)C2)C(=O)Nc1ccc2c(c1)NC(=O)[C@H](C)O2. The largest absolute Gasteiger partial charge is 0.479 e. The van der Waals surface area contributed by atoms with Crippen LogP contribution in [0.3, 0.4) is 0 Å². The van der Waals surface area contributed by atoms with Crippen molar-refractivity contribution in [1.29, 1.82) is 0 Å². The second kappa shape index (κ2) is 7.00. The second-order valence-electron chi connectivity index (χ2n) is 9.84. The molecule has 0 spiro atoms. The van der Waals surface area contributed by atoms with Crippen molar-refractivity contribution in [2.75, 3.05) is 10.6 Å². The molecule has 3 N–H and O–H groups in total. The van der Waals surface area contributed by atoms with E-state index in [9.17, 15) is 14.4 Å². The summed E-state index contributed by atoms with van der Waals surface area (Å²) >= 11 is 0. The number of benzene rings is 1. The molecule has 1 aromatic rings. The number of hydrogen-bond acceptors (Lipinski definition) is 4. The molecule has 4 bridgehead atoms. The van der Waals surface area contributed by atoms with Crippen LogP contribution in [0, 0.1) is 23.2 Å². The van der Waals surface area contributed by atoms with E-state index in [1.165, 1.54) is 19.3 Å². The molecule has 6 rings (SSSR count). The number of hydrogen-bond donors (Lipinski definition) is 3. The maximum Gasteiger partial charge on any atom is 0.265 e. The maximum absolute atomic E-state index is 13.2. The molecule has 160 valence electrons. The lowest BCUT2D eigenvalue weighted by Crippen LogP contribution is -2.56. The van der Waals surface area contributed by atoms with E-state index in [-0.39, 0.29) is 23.1 Å². The minimum Gasteiger partial charge on any atom is -0.479 e. The molecule has 4 aliphatic carbocycles. The van der Waals surface area contributed by atoms with Crippen LogP contribution in [-0.2, 0) is 14.4 Å². The monoisotopic (exact) mass is 411 g/mol. The summed E-state index contributed by atoms with van der Waals surface area (Å²) in [6, 6.07) is 4.49. The normalized spacial score (nSPS) is 34.4. The molecule has 7 nitrogen and oxygen atoms in total. The zero-order chi connectivity index (χ0) is 21.0. The molecule has 5 aliphatic rings. The lowest BCUT2D eigenvalue weighted by Gasteiger charge is -2.55. The van der Waals surface area contributed by atoms with Gasteiger partial charge in [0.25, 0.3) is 5.91 Å². The zero-order valence-electron chi connectivity index (χ0n) is 17.5. The summed E-state index contributed by atoms with van der Waals surface area (Å²) < 4.78 is 5.54. The van der Waals surface area contributed by atoms with Gasteiger partial charge in [0.05, 0.1) is 5.69 Å². The Morgan fingerprint density at radius 2 is 1.77 bits per heavy atom. The molecular formula is C23H29N3O4. The summed E-state index contributed by atoms with van der Waals surface area (Å²) in [4.78, 5) is 37.7. The third-order valence-electron chi connectivity index (χ3n) is 7.44. The van der Waals surface area contributed by atoms with Gasteiger partial charge < -0.3 is 20.7 Å². The van der Waals surface area contributed by atoms with Crippen molar-refractivity contribution in [3.8, 4) is 5.75 Å². The lowest BCUT2D eigenvalue weighted by atomic mass is 9.49. The smallest absolute Gasteiger partial charge is 0.265 e. The van der Waals surface area contributed by atoms with E-state index < -0.39 is 12.1 Å². The van der Waals surface area contributed by atoms with Gasteiger partial charge in [0.1, 0.15) is 11.8 Å². The van der Waals surface area contributed by atoms with Gasteiger partial charge in [-0.15, -0.1) is 0 Å². The van der Waals surface area contributed by atoms with Crippen molar-refractivity contribution in [3.05, 3.63) is 18.2 Å². The first-order valence-corrected chi connectivity index (χ1v) is 11.0. The molecule has 0 saturated heterocycles. The van der Waals surface area contributed by atoms with Crippen LogP contribution in [0.1, 0.15) is 52.4 Å². The molecule has 1 aromatic carbocycles. The van der Waals surface area contributed by atoms with Crippen molar-refractivity contribution >= 4 is 29.1 Å². The van der Waals surface area contributed by atoms with Crippen molar-refractivity contribution in [2.45, 2.75) is 64.5 Å². The highest BCUT2D eigenvalue weighted by molar-refractivity contribution is 6.01.